The van der Waals surface area contributed by atoms with Gasteiger partial charge in [-0.2, -0.15) is 16.9 Å². The number of fused-ring (bicyclic) bond motifs is 2. The summed E-state index contributed by atoms with van der Waals surface area (Å²) in [7, 11) is 0. The highest BCUT2D eigenvalue weighted by Gasteiger charge is 2.37. The molecule has 1 N–H and O–H groups in total. The zero-order valence-corrected chi connectivity index (χ0v) is 21.5. The summed E-state index contributed by atoms with van der Waals surface area (Å²) in [5, 5.41) is 7.64. The molecule has 1 amide bonds. The molecule has 8 heteroatoms. The van der Waals surface area contributed by atoms with E-state index in [4.69, 9.17) is 16.7 Å². The van der Waals surface area contributed by atoms with Crippen molar-refractivity contribution in [3.05, 3.63) is 81.9 Å². The van der Waals surface area contributed by atoms with Crippen LogP contribution in [-0.4, -0.2) is 39.5 Å². The second-order valence-corrected chi connectivity index (χ2v) is 11.3. The van der Waals surface area contributed by atoms with Crippen molar-refractivity contribution in [3.63, 3.8) is 0 Å². The lowest BCUT2D eigenvalue weighted by Crippen LogP contribution is -2.41. The normalized spacial score (nSPS) is 24.8. The maximum atomic E-state index is 13.5. The van der Waals surface area contributed by atoms with E-state index in [1.165, 1.54) is 31.4 Å². The van der Waals surface area contributed by atoms with E-state index in [2.05, 4.69) is 22.6 Å². The van der Waals surface area contributed by atoms with Crippen molar-refractivity contribution in [2.45, 2.75) is 31.4 Å². The molecule has 4 aliphatic rings. The lowest BCUT2D eigenvalue weighted by Gasteiger charge is -2.20. The fraction of sp³-hybridized carbons (Fsp3) is 0.357. The number of aromatic nitrogens is 2. The van der Waals surface area contributed by atoms with Crippen molar-refractivity contribution in [1.29, 1.82) is 0 Å². The summed E-state index contributed by atoms with van der Waals surface area (Å²) in [5.41, 5.74) is 8.36. The number of thioether (sulfide) groups is 1. The maximum Gasteiger partial charge on any atom is 0.286 e. The van der Waals surface area contributed by atoms with Gasteiger partial charge in [-0.05, 0) is 72.6 Å². The standard InChI is InChI=1S/C28H28ClFN4OS/c29-22-5-2-6-24(12-9-22)34-27-21(13-18-7-10-23(30)11-8-18)16-36-17-25(27)26(31-34)28(35)32-33-14-19-3-1-4-20(19)15-33/h5-13,19-20H,1-4,14-17H2,(H,32,35)/b21-13+. The number of amides is 1. The zero-order chi connectivity index (χ0) is 24.6. The number of carbonyl (C=O) groups excluding carboxylic acids is 1. The molecule has 2 fully saturated rings. The van der Waals surface area contributed by atoms with Gasteiger partial charge < -0.3 is 0 Å². The van der Waals surface area contributed by atoms with Crippen LogP contribution < -0.4 is 5.43 Å². The first kappa shape index (κ1) is 23.8. The number of allylic oxidation sites excluding steroid dienone is 6. The fourth-order valence-corrected chi connectivity index (χ4v) is 6.93. The Kier molecular flexibility index (Phi) is 6.63. The predicted octanol–water partition coefficient (Wildman–Crippen LogP) is 6.11. The number of nitrogens with one attached hydrogen (secondary N) is 1. The second-order valence-electron chi connectivity index (χ2n) is 9.89. The van der Waals surface area contributed by atoms with Gasteiger partial charge in [-0.15, -0.1) is 0 Å². The molecule has 2 atom stereocenters. The SMILES string of the molecule is O=C(NN1CC2CCCC2C1)c1nn(C2=CCC=C(Cl)C=C2)c2c1CSC/C2=C\c1ccc(F)cc1. The van der Waals surface area contributed by atoms with Crippen molar-refractivity contribution in [2.24, 2.45) is 11.8 Å². The second kappa shape index (κ2) is 10.0. The quantitative estimate of drug-likeness (QED) is 0.526. The minimum Gasteiger partial charge on any atom is -0.283 e. The summed E-state index contributed by atoms with van der Waals surface area (Å²) in [5.74, 6) is 2.46. The summed E-state index contributed by atoms with van der Waals surface area (Å²) >= 11 is 8.02. The summed E-state index contributed by atoms with van der Waals surface area (Å²) in [6.07, 6.45) is 14.4. The third kappa shape index (κ3) is 4.72. The summed E-state index contributed by atoms with van der Waals surface area (Å²) in [6, 6.07) is 6.48. The van der Waals surface area contributed by atoms with Gasteiger partial charge in [0.1, 0.15) is 5.82 Å². The van der Waals surface area contributed by atoms with Crippen molar-refractivity contribution >= 4 is 46.6 Å². The Labute approximate surface area is 219 Å². The van der Waals surface area contributed by atoms with Crippen LogP contribution in [0, 0.1) is 17.7 Å². The number of rotatable bonds is 4. The number of halogens is 2. The van der Waals surface area contributed by atoms with Gasteiger partial charge in [-0.25, -0.2) is 14.1 Å². The Balaban J connectivity index is 1.38. The molecule has 2 unspecified atom stereocenters. The smallest absolute Gasteiger partial charge is 0.283 e. The summed E-state index contributed by atoms with van der Waals surface area (Å²) in [4.78, 5) is 13.5. The van der Waals surface area contributed by atoms with Crippen LogP contribution in [0.4, 0.5) is 4.39 Å². The molecular formula is C28H28ClFN4OS. The van der Waals surface area contributed by atoms with E-state index in [0.717, 1.165) is 46.9 Å². The molecule has 1 saturated heterocycles. The van der Waals surface area contributed by atoms with Gasteiger partial charge >= 0.3 is 0 Å². The number of nitrogens with zero attached hydrogens (tertiary/aromatic N) is 3. The molecule has 3 heterocycles. The Morgan fingerprint density at radius 3 is 2.67 bits per heavy atom. The maximum absolute atomic E-state index is 13.5. The summed E-state index contributed by atoms with van der Waals surface area (Å²) < 4.78 is 15.4. The monoisotopic (exact) mass is 522 g/mol. The number of hydrazine groups is 1. The molecule has 1 aromatic heterocycles. The molecule has 2 aromatic rings. The highest BCUT2D eigenvalue weighted by atomic mass is 35.5. The first-order valence-electron chi connectivity index (χ1n) is 12.5. The molecule has 0 spiro atoms. The topological polar surface area (TPSA) is 50.2 Å². The van der Waals surface area contributed by atoms with E-state index >= 15 is 0 Å². The molecule has 0 radical (unpaired) electrons. The van der Waals surface area contributed by atoms with Crippen LogP contribution in [0.3, 0.4) is 0 Å². The number of hydrogen-bond donors (Lipinski definition) is 1. The largest absolute Gasteiger partial charge is 0.286 e. The molecular weight excluding hydrogens is 495 g/mol. The molecule has 5 nitrogen and oxygen atoms in total. The van der Waals surface area contributed by atoms with Crippen molar-refractivity contribution < 1.29 is 9.18 Å². The third-order valence-corrected chi connectivity index (χ3v) is 8.79. The highest BCUT2D eigenvalue weighted by Crippen LogP contribution is 2.39. The molecule has 186 valence electrons. The first-order chi connectivity index (χ1) is 17.5. The van der Waals surface area contributed by atoms with Gasteiger partial charge in [0.2, 0.25) is 0 Å². The molecule has 36 heavy (non-hydrogen) atoms. The van der Waals surface area contributed by atoms with Gasteiger partial charge in [-0.3, -0.25) is 10.2 Å². The van der Waals surface area contributed by atoms with E-state index < -0.39 is 0 Å². The zero-order valence-electron chi connectivity index (χ0n) is 19.9. The van der Waals surface area contributed by atoms with E-state index in [0.29, 0.717) is 34.7 Å². The van der Waals surface area contributed by atoms with Crippen LogP contribution in [-0.2, 0) is 5.75 Å². The van der Waals surface area contributed by atoms with Gasteiger partial charge in [0.25, 0.3) is 5.91 Å². The van der Waals surface area contributed by atoms with Gasteiger partial charge in [0.15, 0.2) is 5.69 Å². The molecule has 6 rings (SSSR count). The van der Waals surface area contributed by atoms with E-state index in [1.54, 1.807) is 23.9 Å². The van der Waals surface area contributed by atoms with E-state index in [-0.39, 0.29) is 11.7 Å². The highest BCUT2D eigenvalue weighted by molar-refractivity contribution is 7.99. The molecule has 2 aliphatic carbocycles. The lowest BCUT2D eigenvalue weighted by molar-refractivity contribution is 0.0808. The molecule has 0 bridgehead atoms. The average molecular weight is 523 g/mol. The minimum atomic E-state index is -0.260. The molecule has 1 saturated carbocycles. The first-order valence-corrected chi connectivity index (χ1v) is 14.0. The Morgan fingerprint density at radius 2 is 1.89 bits per heavy atom. The van der Waals surface area contributed by atoms with Crippen LogP contribution in [0.2, 0.25) is 0 Å². The van der Waals surface area contributed by atoms with Crippen LogP contribution in [0.1, 0.15) is 53.0 Å². The predicted molar refractivity (Wildman–Crippen MR) is 144 cm³/mol. The average Bonchev–Trinajstić information content (AvgIpc) is 3.52. The van der Waals surface area contributed by atoms with Gasteiger partial charge in [0, 0.05) is 35.2 Å². The van der Waals surface area contributed by atoms with Crippen LogP contribution in [0.15, 0.2) is 53.6 Å². The van der Waals surface area contributed by atoms with Crippen molar-refractivity contribution in [1.82, 2.24) is 20.2 Å². The van der Waals surface area contributed by atoms with E-state index in [9.17, 15) is 9.18 Å². The van der Waals surface area contributed by atoms with Gasteiger partial charge in [0.05, 0.1) is 11.4 Å². The number of benzene rings is 1. The Hall–Kier alpha value is -2.61. The Morgan fingerprint density at radius 1 is 1.11 bits per heavy atom. The van der Waals surface area contributed by atoms with Crippen molar-refractivity contribution in [3.8, 4) is 0 Å². The van der Waals surface area contributed by atoms with Gasteiger partial charge in [-0.1, -0.05) is 42.3 Å². The minimum absolute atomic E-state index is 0.150. The third-order valence-electron chi connectivity index (χ3n) is 7.50. The number of carbonyl (C=O) groups is 1. The summed E-state index contributed by atoms with van der Waals surface area (Å²) in [6.45, 7) is 1.84. The van der Waals surface area contributed by atoms with E-state index in [1.807, 2.05) is 22.9 Å². The molecule has 1 aromatic carbocycles. The van der Waals surface area contributed by atoms with Crippen LogP contribution in [0.25, 0.3) is 17.3 Å². The van der Waals surface area contributed by atoms with Crippen LogP contribution in [0.5, 0.6) is 0 Å². The lowest BCUT2D eigenvalue weighted by atomic mass is 10.0. The Bertz CT molecular complexity index is 1300. The van der Waals surface area contributed by atoms with Crippen LogP contribution >= 0.6 is 23.4 Å². The molecule has 2 aliphatic heterocycles. The van der Waals surface area contributed by atoms with Crippen molar-refractivity contribution in [2.75, 3.05) is 18.8 Å². The fourth-order valence-electron chi connectivity index (χ4n) is 5.76. The number of hydrogen-bond acceptors (Lipinski definition) is 4.